The molecule has 1 aliphatic heterocycles. The quantitative estimate of drug-likeness (QED) is 0.935. The molecule has 21 heavy (non-hydrogen) atoms. The maximum atomic E-state index is 13.1. The molecular formula is C14H14F2N2O3. The number of hydrogen-bond donors (Lipinski definition) is 1. The van der Waals surface area contributed by atoms with E-state index in [1.165, 1.54) is 12.1 Å². The van der Waals surface area contributed by atoms with Crippen molar-refractivity contribution < 1.29 is 23.1 Å². The fraction of sp³-hybridized carbons (Fsp3) is 0.429. The monoisotopic (exact) mass is 296 g/mol. The summed E-state index contributed by atoms with van der Waals surface area (Å²) < 4.78 is 36.6. The Morgan fingerprint density at radius 3 is 2.71 bits per heavy atom. The summed E-state index contributed by atoms with van der Waals surface area (Å²) in [6, 6.07) is 3.25. The summed E-state index contributed by atoms with van der Waals surface area (Å²) in [5.41, 5.74) is 0.417. The minimum absolute atomic E-state index is 0.155. The van der Waals surface area contributed by atoms with E-state index < -0.39 is 17.7 Å². The topological polar surface area (TPSA) is 68.4 Å². The van der Waals surface area contributed by atoms with E-state index in [1.807, 2.05) is 0 Å². The molecule has 1 fully saturated rings. The SMILES string of the molecule is OC1CCOCC1c1nc(Cc2cc(F)cc(F)c2)no1. The third-order valence-electron chi connectivity index (χ3n) is 3.41. The molecule has 0 aliphatic carbocycles. The molecule has 0 bridgehead atoms. The summed E-state index contributed by atoms with van der Waals surface area (Å²) in [4.78, 5) is 4.18. The van der Waals surface area contributed by atoms with Gasteiger partial charge in [-0.1, -0.05) is 5.16 Å². The number of benzene rings is 1. The maximum absolute atomic E-state index is 13.1. The Kier molecular flexibility index (Phi) is 3.94. The van der Waals surface area contributed by atoms with Gasteiger partial charge in [-0.2, -0.15) is 4.98 Å². The second-order valence-corrected chi connectivity index (χ2v) is 5.04. The molecule has 1 aliphatic rings. The Labute approximate surface area is 119 Å². The van der Waals surface area contributed by atoms with Crippen LogP contribution in [0.1, 0.15) is 29.6 Å². The molecule has 0 saturated carbocycles. The molecule has 2 aromatic rings. The zero-order valence-corrected chi connectivity index (χ0v) is 11.1. The van der Waals surface area contributed by atoms with Crippen LogP contribution in [0.5, 0.6) is 0 Å². The lowest BCUT2D eigenvalue weighted by Crippen LogP contribution is -2.30. The molecule has 3 rings (SSSR count). The second kappa shape index (κ2) is 5.87. The first-order valence-corrected chi connectivity index (χ1v) is 6.65. The van der Waals surface area contributed by atoms with Gasteiger partial charge in [-0.15, -0.1) is 0 Å². The summed E-state index contributed by atoms with van der Waals surface area (Å²) in [6.45, 7) is 0.818. The Bertz CT molecular complexity index is 612. The van der Waals surface area contributed by atoms with E-state index in [2.05, 4.69) is 10.1 Å². The number of rotatable bonds is 3. The van der Waals surface area contributed by atoms with Gasteiger partial charge >= 0.3 is 0 Å². The highest BCUT2D eigenvalue weighted by Crippen LogP contribution is 2.25. The van der Waals surface area contributed by atoms with Crippen molar-refractivity contribution in [2.75, 3.05) is 13.2 Å². The number of ether oxygens (including phenoxy) is 1. The molecule has 0 amide bonds. The Morgan fingerprint density at radius 2 is 2.00 bits per heavy atom. The van der Waals surface area contributed by atoms with E-state index in [9.17, 15) is 13.9 Å². The molecule has 1 saturated heterocycles. The summed E-state index contributed by atoms with van der Waals surface area (Å²) in [5.74, 6) is -1.05. The van der Waals surface area contributed by atoms with Gasteiger partial charge in [0.15, 0.2) is 5.82 Å². The Hall–Kier alpha value is -1.86. The van der Waals surface area contributed by atoms with Crippen LogP contribution in [-0.2, 0) is 11.2 Å². The first-order valence-electron chi connectivity index (χ1n) is 6.65. The number of aliphatic hydroxyl groups excluding tert-OH is 1. The average molecular weight is 296 g/mol. The van der Waals surface area contributed by atoms with Crippen LogP contribution < -0.4 is 0 Å². The first-order chi connectivity index (χ1) is 10.1. The molecular weight excluding hydrogens is 282 g/mol. The largest absolute Gasteiger partial charge is 0.392 e. The molecule has 0 radical (unpaired) electrons. The lowest BCUT2D eigenvalue weighted by molar-refractivity contribution is -0.0149. The number of aliphatic hydroxyl groups is 1. The van der Waals surface area contributed by atoms with Gasteiger partial charge in [0, 0.05) is 19.1 Å². The van der Waals surface area contributed by atoms with Gasteiger partial charge in [0.2, 0.25) is 5.89 Å². The zero-order valence-electron chi connectivity index (χ0n) is 11.1. The Balaban J connectivity index is 1.75. The van der Waals surface area contributed by atoms with Gasteiger partial charge < -0.3 is 14.4 Å². The molecule has 2 unspecified atom stereocenters. The van der Waals surface area contributed by atoms with Crippen LogP contribution in [0.2, 0.25) is 0 Å². The third kappa shape index (κ3) is 3.25. The standard InChI is InChI=1S/C14H14F2N2O3/c15-9-3-8(4-10(16)6-9)5-13-17-14(21-18-13)11-7-20-2-1-12(11)19/h3-4,6,11-12,19H,1-2,5,7H2. The fourth-order valence-electron chi connectivity index (χ4n) is 2.35. The highest BCUT2D eigenvalue weighted by atomic mass is 19.1. The van der Waals surface area contributed by atoms with Gasteiger partial charge in [-0.05, 0) is 24.1 Å². The molecule has 112 valence electrons. The third-order valence-corrected chi connectivity index (χ3v) is 3.41. The number of aromatic nitrogens is 2. The molecule has 2 atom stereocenters. The Morgan fingerprint density at radius 1 is 1.24 bits per heavy atom. The lowest BCUT2D eigenvalue weighted by Gasteiger charge is -2.24. The molecule has 0 spiro atoms. The van der Waals surface area contributed by atoms with E-state index in [0.29, 0.717) is 31.0 Å². The van der Waals surface area contributed by atoms with E-state index >= 15 is 0 Å². The van der Waals surface area contributed by atoms with Crippen LogP contribution in [0.4, 0.5) is 8.78 Å². The number of nitrogens with zero attached hydrogens (tertiary/aromatic N) is 2. The molecule has 1 aromatic heterocycles. The maximum Gasteiger partial charge on any atom is 0.234 e. The van der Waals surface area contributed by atoms with Crippen molar-refractivity contribution in [1.82, 2.24) is 10.1 Å². The first kappa shape index (κ1) is 14.1. The second-order valence-electron chi connectivity index (χ2n) is 5.04. The summed E-state index contributed by atoms with van der Waals surface area (Å²) in [7, 11) is 0. The van der Waals surface area contributed by atoms with E-state index in [0.717, 1.165) is 6.07 Å². The van der Waals surface area contributed by atoms with Crippen LogP contribution in [0.3, 0.4) is 0 Å². The fourth-order valence-corrected chi connectivity index (χ4v) is 2.35. The van der Waals surface area contributed by atoms with Crippen LogP contribution in [0, 0.1) is 11.6 Å². The van der Waals surface area contributed by atoms with Crippen LogP contribution in [-0.4, -0.2) is 34.6 Å². The smallest absolute Gasteiger partial charge is 0.234 e. The average Bonchev–Trinajstić information content (AvgIpc) is 2.86. The number of hydrogen-bond acceptors (Lipinski definition) is 5. The van der Waals surface area contributed by atoms with Crippen molar-refractivity contribution in [2.45, 2.75) is 24.9 Å². The zero-order chi connectivity index (χ0) is 14.8. The lowest BCUT2D eigenvalue weighted by atomic mass is 9.99. The molecule has 5 nitrogen and oxygen atoms in total. The van der Waals surface area contributed by atoms with Crippen LogP contribution >= 0.6 is 0 Å². The summed E-state index contributed by atoms with van der Waals surface area (Å²) in [5, 5.41) is 13.7. The molecule has 2 heterocycles. The van der Waals surface area contributed by atoms with Crippen molar-refractivity contribution in [3.8, 4) is 0 Å². The van der Waals surface area contributed by atoms with Gasteiger partial charge in [-0.3, -0.25) is 0 Å². The molecule has 1 aromatic carbocycles. The van der Waals surface area contributed by atoms with Gasteiger partial charge in [0.1, 0.15) is 11.6 Å². The van der Waals surface area contributed by atoms with Crippen molar-refractivity contribution in [3.05, 3.63) is 47.1 Å². The van der Waals surface area contributed by atoms with Crippen LogP contribution in [0.15, 0.2) is 22.7 Å². The highest BCUT2D eigenvalue weighted by molar-refractivity contribution is 5.21. The van der Waals surface area contributed by atoms with Gasteiger partial charge in [0.05, 0.1) is 18.6 Å². The van der Waals surface area contributed by atoms with Crippen molar-refractivity contribution >= 4 is 0 Å². The van der Waals surface area contributed by atoms with E-state index in [1.54, 1.807) is 0 Å². The summed E-state index contributed by atoms with van der Waals surface area (Å²) >= 11 is 0. The van der Waals surface area contributed by atoms with Gasteiger partial charge in [0.25, 0.3) is 0 Å². The van der Waals surface area contributed by atoms with Crippen molar-refractivity contribution in [3.63, 3.8) is 0 Å². The minimum Gasteiger partial charge on any atom is -0.392 e. The van der Waals surface area contributed by atoms with E-state index in [-0.39, 0.29) is 18.2 Å². The summed E-state index contributed by atoms with van der Waals surface area (Å²) in [6.07, 6.45) is 0.0814. The molecule has 7 heteroatoms. The number of halogens is 2. The molecule has 1 N–H and O–H groups in total. The van der Waals surface area contributed by atoms with Crippen molar-refractivity contribution in [2.24, 2.45) is 0 Å². The predicted octanol–water partition coefficient (Wildman–Crippen LogP) is 1.80. The highest BCUT2D eigenvalue weighted by Gasteiger charge is 2.30. The minimum atomic E-state index is -0.648. The normalized spacial score (nSPS) is 22.4. The van der Waals surface area contributed by atoms with E-state index in [4.69, 9.17) is 9.26 Å². The van der Waals surface area contributed by atoms with Crippen molar-refractivity contribution in [1.29, 1.82) is 0 Å². The van der Waals surface area contributed by atoms with Crippen LogP contribution in [0.25, 0.3) is 0 Å². The van der Waals surface area contributed by atoms with Gasteiger partial charge in [-0.25, -0.2) is 8.78 Å². The predicted molar refractivity (Wildman–Crippen MR) is 67.6 cm³/mol.